The van der Waals surface area contributed by atoms with Crippen LogP contribution in [0, 0.1) is 0 Å². The molecule has 1 aromatic carbocycles. The largest absolute Gasteiger partial charge is 0.352 e. The van der Waals surface area contributed by atoms with E-state index in [1.807, 2.05) is 6.92 Å². The standard InChI is InChI=1S/C13H16BrNO/c1-2-12(14)13(16)15-11-7-9-5-3-4-6-10(9)8-11/h3-6,11-12H,2,7-8H2,1H3,(H,15,16). The molecule has 86 valence electrons. The molecule has 0 fully saturated rings. The first-order valence-electron chi connectivity index (χ1n) is 5.72. The summed E-state index contributed by atoms with van der Waals surface area (Å²) in [5, 5.41) is 3.09. The molecule has 0 saturated heterocycles. The van der Waals surface area contributed by atoms with E-state index < -0.39 is 0 Å². The van der Waals surface area contributed by atoms with E-state index in [4.69, 9.17) is 0 Å². The lowest BCUT2D eigenvalue weighted by Gasteiger charge is -2.14. The van der Waals surface area contributed by atoms with Gasteiger partial charge >= 0.3 is 0 Å². The van der Waals surface area contributed by atoms with Crippen molar-refractivity contribution in [3.05, 3.63) is 35.4 Å². The number of benzene rings is 1. The van der Waals surface area contributed by atoms with Gasteiger partial charge in [-0.25, -0.2) is 0 Å². The zero-order valence-electron chi connectivity index (χ0n) is 9.37. The molecule has 0 heterocycles. The highest BCUT2D eigenvalue weighted by molar-refractivity contribution is 9.10. The molecule has 1 aliphatic carbocycles. The fourth-order valence-electron chi connectivity index (χ4n) is 2.14. The summed E-state index contributed by atoms with van der Waals surface area (Å²) in [6.45, 7) is 2.00. The average Bonchev–Trinajstić information content (AvgIpc) is 2.69. The molecule has 0 aromatic heterocycles. The first-order chi connectivity index (χ1) is 7.70. The lowest BCUT2D eigenvalue weighted by Crippen LogP contribution is -2.39. The second-order valence-electron chi connectivity index (χ2n) is 4.26. The minimum atomic E-state index is -0.0591. The van der Waals surface area contributed by atoms with Crippen LogP contribution in [0.25, 0.3) is 0 Å². The van der Waals surface area contributed by atoms with Gasteiger partial charge in [0.15, 0.2) is 0 Å². The van der Waals surface area contributed by atoms with Crippen LogP contribution < -0.4 is 5.32 Å². The first kappa shape index (κ1) is 11.6. The van der Waals surface area contributed by atoms with Gasteiger partial charge in [0.2, 0.25) is 5.91 Å². The van der Waals surface area contributed by atoms with Gasteiger partial charge in [-0.1, -0.05) is 47.1 Å². The van der Waals surface area contributed by atoms with Gasteiger partial charge in [0.1, 0.15) is 0 Å². The van der Waals surface area contributed by atoms with Crippen LogP contribution in [-0.2, 0) is 17.6 Å². The normalized spacial score (nSPS) is 16.9. The second-order valence-corrected chi connectivity index (χ2v) is 5.36. The fraction of sp³-hybridized carbons (Fsp3) is 0.462. The molecule has 1 aliphatic rings. The van der Waals surface area contributed by atoms with Crippen LogP contribution in [0.5, 0.6) is 0 Å². The Hall–Kier alpha value is -0.830. The number of rotatable bonds is 3. The maximum Gasteiger partial charge on any atom is 0.234 e. The van der Waals surface area contributed by atoms with Crippen molar-refractivity contribution >= 4 is 21.8 Å². The van der Waals surface area contributed by atoms with E-state index in [1.165, 1.54) is 11.1 Å². The van der Waals surface area contributed by atoms with Gasteiger partial charge in [-0.15, -0.1) is 0 Å². The van der Waals surface area contributed by atoms with Gasteiger partial charge in [-0.2, -0.15) is 0 Å². The van der Waals surface area contributed by atoms with Crippen LogP contribution >= 0.6 is 15.9 Å². The highest BCUT2D eigenvalue weighted by Gasteiger charge is 2.24. The van der Waals surface area contributed by atoms with E-state index in [9.17, 15) is 4.79 Å². The molecule has 0 bridgehead atoms. The minimum absolute atomic E-state index is 0.0591. The number of halogens is 1. The number of amides is 1. The lowest BCUT2D eigenvalue weighted by molar-refractivity contribution is -0.121. The summed E-state index contributed by atoms with van der Waals surface area (Å²) in [4.78, 5) is 11.7. The zero-order valence-corrected chi connectivity index (χ0v) is 11.0. The monoisotopic (exact) mass is 281 g/mol. The van der Waals surface area contributed by atoms with Crippen LogP contribution in [0.15, 0.2) is 24.3 Å². The molecular formula is C13H16BrNO. The van der Waals surface area contributed by atoms with E-state index in [2.05, 4.69) is 45.5 Å². The summed E-state index contributed by atoms with van der Waals surface area (Å²) in [7, 11) is 0. The first-order valence-corrected chi connectivity index (χ1v) is 6.63. The predicted octanol–water partition coefficient (Wildman–Crippen LogP) is 2.44. The van der Waals surface area contributed by atoms with Crippen LogP contribution in [0.1, 0.15) is 24.5 Å². The molecule has 1 amide bonds. The van der Waals surface area contributed by atoms with Gasteiger partial charge in [-0.3, -0.25) is 4.79 Å². The summed E-state index contributed by atoms with van der Waals surface area (Å²) in [6.07, 6.45) is 2.75. The summed E-state index contributed by atoms with van der Waals surface area (Å²) in [6, 6.07) is 8.68. The van der Waals surface area contributed by atoms with E-state index in [1.54, 1.807) is 0 Å². The number of hydrogen-bond donors (Lipinski definition) is 1. The van der Waals surface area contributed by atoms with Crippen molar-refractivity contribution in [2.24, 2.45) is 0 Å². The number of nitrogens with one attached hydrogen (secondary N) is 1. The molecule has 0 radical (unpaired) electrons. The Kier molecular flexibility index (Phi) is 3.64. The van der Waals surface area contributed by atoms with E-state index in [0.717, 1.165) is 19.3 Å². The summed E-state index contributed by atoms with van der Waals surface area (Å²) >= 11 is 3.37. The Morgan fingerprint density at radius 2 is 2.00 bits per heavy atom. The Balaban J connectivity index is 1.95. The SMILES string of the molecule is CCC(Br)C(=O)NC1Cc2ccccc2C1. The Morgan fingerprint density at radius 1 is 1.44 bits per heavy atom. The number of carbonyl (C=O) groups is 1. The molecule has 2 nitrogen and oxygen atoms in total. The fourth-order valence-corrected chi connectivity index (χ4v) is 2.27. The lowest BCUT2D eigenvalue weighted by atomic mass is 10.1. The minimum Gasteiger partial charge on any atom is -0.352 e. The Bertz CT molecular complexity index is 366. The van der Waals surface area contributed by atoms with Crippen molar-refractivity contribution in [3.63, 3.8) is 0 Å². The molecule has 0 aliphatic heterocycles. The maximum atomic E-state index is 11.7. The van der Waals surface area contributed by atoms with E-state index in [0.29, 0.717) is 0 Å². The second kappa shape index (κ2) is 5.00. The van der Waals surface area contributed by atoms with Crippen molar-refractivity contribution in [3.8, 4) is 0 Å². The van der Waals surface area contributed by atoms with Crippen molar-refractivity contribution in [1.29, 1.82) is 0 Å². The molecule has 16 heavy (non-hydrogen) atoms. The number of alkyl halides is 1. The maximum absolute atomic E-state index is 11.7. The molecule has 1 unspecified atom stereocenters. The third-order valence-corrected chi connectivity index (χ3v) is 4.10. The molecule has 1 atom stereocenters. The Labute approximate surface area is 105 Å². The molecule has 1 N–H and O–H groups in total. The molecule has 2 rings (SSSR count). The van der Waals surface area contributed by atoms with E-state index in [-0.39, 0.29) is 16.8 Å². The zero-order chi connectivity index (χ0) is 11.5. The highest BCUT2D eigenvalue weighted by atomic mass is 79.9. The highest BCUT2D eigenvalue weighted by Crippen LogP contribution is 2.21. The third kappa shape index (κ3) is 2.46. The number of fused-ring (bicyclic) bond motifs is 1. The topological polar surface area (TPSA) is 29.1 Å². The van der Waals surface area contributed by atoms with Crippen LogP contribution in [0.3, 0.4) is 0 Å². The van der Waals surface area contributed by atoms with Crippen molar-refractivity contribution < 1.29 is 4.79 Å². The van der Waals surface area contributed by atoms with Gasteiger partial charge in [-0.05, 0) is 30.4 Å². The van der Waals surface area contributed by atoms with Gasteiger partial charge in [0, 0.05) is 6.04 Å². The van der Waals surface area contributed by atoms with Gasteiger partial charge < -0.3 is 5.32 Å². The van der Waals surface area contributed by atoms with Crippen LogP contribution in [-0.4, -0.2) is 16.8 Å². The van der Waals surface area contributed by atoms with E-state index >= 15 is 0 Å². The molecular weight excluding hydrogens is 266 g/mol. The smallest absolute Gasteiger partial charge is 0.234 e. The predicted molar refractivity (Wildman–Crippen MR) is 68.8 cm³/mol. The molecule has 0 saturated carbocycles. The Morgan fingerprint density at radius 3 is 2.50 bits per heavy atom. The summed E-state index contributed by atoms with van der Waals surface area (Å²) in [5.41, 5.74) is 2.74. The number of hydrogen-bond acceptors (Lipinski definition) is 1. The molecule has 0 spiro atoms. The number of carbonyl (C=O) groups excluding carboxylic acids is 1. The quantitative estimate of drug-likeness (QED) is 0.848. The summed E-state index contributed by atoms with van der Waals surface area (Å²) in [5.74, 6) is 0.111. The van der Waals surface area contributed by atoms with Gasteiger partial charge in [0.25, 0.3) is 0 Å². The average molecular weight is 282 g/mol. The molecule has 3 heteroatoms. The van der Waals surface area contributed by atoms with Crippen molar-refractivity contribution in [1.82, 2.24) is 5.32 Å². The van der Waals surface area contributed by atoms with Crippen molar-refractivity contribution in [2.45, 2.75) is 37.1 Å². The van der Waals surface area contributed by atoms with Gasteiger partial charge in [0.05, 0.1) is 4.83 Å². The van der Waals surface area contributed by atoms with Crippen molar-refractivity contribution in [2.75, 3.05) is 0 Å². The summed E-state index contributed by atoms with van der Waals surface area (Å²) < 4.78 is 0. The van der Waals surface area contributed by atoms with Crippen LogP contribution in [0.4, 0.5) is 0 Å². The third-order valence-electron chi connectivity index (χ3n) is 3.04. The molecule has 1 aromatic rings. The van der Waals surface area contributed by atoms with Crippen LogP contribution in [0.2, 0.25) is 0 Å².